The van der Waals surface area contributed by atoms with Gasteiger partial charge in [0.2, 0.25) is 11.8 Å². The van der Waals surface area contributed by atoms with Crippen LogP contribution in [0.25, 0.3) is 0 Å². The van der Waals surface area contributed by atoms with E-state index in [-0.39, 0.29) is 29.3 Å². The highest BCUT2D eigenvalue weighted by Gasteiger charge is 2.34. The van der Waals surface area contributed by atoms with E-state index in [9.17, 15) is 18.0 Å². The van der Waals surface area contributed by atoms with E-state index in [0.29, 0.717) is 17.1 Å². The maximum atomic E-state index is 14.2. The SMILES string of the molecule is CC[C@H](C(=O)NC1CCCC1)N(Cc1ccc(Cl)cc1)C(=O)CN(c1ccc(C(C)C)cc1)S(=O)(=O)c1ccccc1. The molecule has 224 valence electrons. The van der Waals surface area contributed by atoms with Crippen molar-refractivity contribution in [2.75, 3.05) is 10.8 Å². The number of nitrogens with zero attached hydrogens (tertiary/aromatic N) is 2. The highest BCUT2D eigenvalue weighted by molar-refractivity contribution is 7.92. The van der Waals surface area contributed by atoms with Crippen LogP contribution in [0, 0.1) is 0 Å². The molecule has 3 aromatic carbocycles. The highest BCUT2D eigenvalue weighted by Crippen LogP contribution is 2.27. The molecule has 0 radical (unpaired) electrons. The second-order valence-corrected chi connectivity index (χ2v) is 13.4. The van der Waals surface area contributed by atoms with E-state index in [1.165, 1.54) is 17.0 Å². The average Bonchev–Trinajstić information content (AvgIpc) is 3.50. The summed E-state index contributed by atoms with van der Waals surface area (Å²) in [6, 6.07) is 21.7. The van der Waals surface area contributed by atoms with Crippen LogP contribution in [0.4, 0.5) is 5.69 Å². The number of nitrogens with one attached hydrogen (secondary N) is 1. The van der Waals surface area contributed by atoms with Crippen LogP contribution in [0.15, 0.2) is 83.8 Å². The largest absolute Gasteiger partial charge is 0.352 e. The average molecular weight is 610 g/mol. The molecule has 0 saturated heterocycles. The van der Waals surface area contributed by atoms with Gasteiger partial charge in [0, 0.05) is 17.6 Å². The second-order valence-electron chi connectivity index (χ2n) is 11.1. The summed E-state index contributed by atoms with van der Waals surface area (Å²) in [5, 5.41) is 3.69. The Labute approximate surface area is 254 Å². The van der Waals surface area contributed by atoms with Crippen LogP contribution >= 0.6 is 11.6 Å². The molecule has 0 unspecified atom stereocenters. The van der Waals surface area contributed by atoms with E-state index >= 15 is 0 Å². The van der Waals surface area contributed by atoms with Crippen LogP contribution in [0.1, 0.15) is 69.9 Å². The first kappa shape index (κ1) is 31.6. The van der Waals surface area contributed by atoms with Gasteiger partial charge in [0.1, 0.15) is 12.6 Å². The molecule has 42 heavy (non-hydrogen) atoms. The molecule has 1 saturated carbocycles. The van der Waals surface area contributed by atoms with Crippen molar-refractivity contribution in [1.82, 2.24) is 10.2 Å². The van der Waals surface area contributed by atoms with E-state index in [2.05, 4.69) is 19.2 Å². The molecule has 0 bridgehead atoms. The summed E-state index contributed by atoms with van der Waals surface area (Å²) in [6.07, 6.45) is 4.35. The predicted molar refractivity (Wildman–Crippen MR) is 168 cm³/mol. The smallest absolute Gasteiger partial charge is 0.264 e. The van der Waals surface area contributed by atoms with Gasteiger partial charge >= 0.3 is 0 Å². The number of rotatable bonds is 12. The molecule has 0 spiro atoms. The monoisotopic (exact) mass is 609 g/mol. The van der Waals surface area contributed by atoms with Crippen LogP contribution < -0.4 is 9.62 Å². The number of amides is 2. The Bertz CT molecular complexity index is 1440. The van der Waals surface area contributed by atoms with Gasteiger partial charge < -0.3 is 10.2 Å². The van der Waals surface area contributed by atoms with Gasteiger partial charge in [0.25, 0.3) is 10.0 Å². The maximum Gasteiger partial charge on any atom is 0.264 e. The maximum absolute atomic E-state index is 14.2. The molecule has 1 N–H and O–H groups in total. The molecular weight excluding hydrogens is 570 g/mol. The van der Waals surface area contributed by atoms with Gasteiger partial charge in [-0.15, -0.1) is 0 Å². The van der Waals surface area contributed by atoms with E-state index < -0.39 is 28.5 Å². The third-order valence-electron chi connectivity index (χ3n) is 7.81. The lowest BCUT2D eigenvalue weighted by Crippen LogP contribution is -2.53. The molecule has 1 fully saturated rings. The van der Waals surface area contributed by atoms with Gasteiger partial charge in [-0.25, -0.2) is 8.42 Å². The fourth-order valence-electron chi connectivity index (χ4n) is 5.35. The van der Waals surface area contributed by atoms with Crippen molar-refractivity contribution in [1.29, 1.82) is 0 Å². The van der Waals surface area contributed by atoms with Crippen molar-refractivity contribution in [3.8, 4) is 0 Å². The Morgan fingerprint density at radius 3 is 2.12 bits per heavy atom. The van der Waals surface area contributed by atoms with Crippen molar-refractivity contribution in [2.45, 2.75) is 82.3 Å². The van der Waals surface area contributed by atoms with Gasteiger partial charge in [-0.1, -0.05) is 87.7 Å². The molecule has 4 rings (SSSR count). The van der Waals surface area contributed by atoms with Gasteiger partial charge in [-0.05, 0) is 72.7 Å². The van der Waals surface area contributed by atoms with Crippen molar-refractivity contribution >= 4 is 39.1 Å². The summed E-state index contributed by atoms with van der Waals surface area (Å²) in [7, 11) is -4.10. The molecule has 0 heterocycles. The van der Waals surface area contributed by atoms with Crippen LogP contribution in [0.5, 0.6) is 0 Å². The van der Waals surface area contributed by atoms with Crippen LogP contribution in [0.3, 0.4) is 0 Å². The predicted octanol–water partition coefficient (Wildman–Crippen LogP) is 6.52. The third-order valence-corrected chi connectivity index (χ3v) is 9.85. The second kappa shape index (κ2) is 14.2. The van der Waals surface area contributed by atoms with Gasteiger partial charge in [-0.2, -0.15) is 0 Å². The van der Waals surface area contributed by atoms with E-state index in [0.717, 1.165) is 41.1 Å². The molecule has 1 aliphatic rings. The molecule has 9 heteroatoms. The Balaban J connectivity index is 1.71. The lowest BCUT2D eigenvalue weighted by Gasteiger charge is -2.34. The van der Waals surface area contributed by atoms with E-state index in [1.807, 2.05) is 31.2 Å². The number of sulfonamides is 1. The summed E-state index contributed by atoms with van der Waals surface area (Å²) < 4.78 is 29.1. The Hall–Kier alpha value is -3.36. The first-order valence-corrected chi connectivity index (χ1v) is 16.4. The van der Waals surface area contributed by atoms with Gasteiger partial charge in [0.15, 0.2) is 0 Å². The van der Waals surface area contributed by atoms with E-state index in [4.69, 9.17) is 11.6 Å². The normalized spacial score (nSPS) is 14.5. The minimum absolute atomic E-state index is 0.0843. The lowest BCUT2D eigenvalue weighted by atomic mass is 10.0. The number of carbonyl (C=O) groups is 2. The number of benzene rings is 3. The third kappa shape index (κ3) is 7.72. The molecule has 0 aromatic heterocycles. The zero-order chi connectivity index (χ0) is 30.3. The first-order chi connectivity index (χ1) is 20.1. The van der Waals surface area contributed by atoms with Crippen molar-refractivity contribution in [2.24, 2.45) is 0 Å². The molecule has 7 nitrogen and oxygen atoms in total. The first-order valence-electron chi connectivity index (χ1n) is 14.6. The standard InChI is InChI=1S/C33H40ClN3O4S/c1-4-31(33(39)35-28-10-8-9-11-28)36(22-25-14-18-27(34)19-15-25)32(38)23-37(29-20-16-26(17-21-29)24(2)3)42(40,41)30-12-6-5-7-13-30/h5-7,12-21,24,28,31H,4,8-11,22-23H2,1-3H3,(H,35,39)/t31-/m1/s1. The molecule has 3 aromatic rings. The number of hydrogen-bond donors (Lipinski definition) is 1. The minimum Gasteiger partial charge on any atom is -0.352 e. The fraction of sp³-hybridized carbons (Fsp3) is 0.394. The van der Waals surface area contributed by atoms with Crippen LogP contribution in [-0.2, 0) is 26.2 Å². The molecule has 1 aliphatic carbocycles. The number of carbonyl (C=O) groups excluding carboxylic acids is 2. The van der Waals surface area contributed by atoms with Gasteiger partial charge in [0.05, 0.1) is 10.6 Å². The molecule has 0 aliphatic heterocycles. The molecule has 1 atom stereocenters. The number of hydrogen-bond acceptors (Lipinski definition) is 4. The van der Waals surface area contributed by atoms with Crippen LogP contribution in [0.2, 0.25) is 5.02 Å². The summed E-state index contributed by atoms with van der Waals surface area (Å²) in [5.74, 6) is -0.422. The van der Waals surface area contributed by atoms with Crippen molar-refractivity contribution < 1.29 is 18.0 Å². The number of halogens is 1. The van der Waals surface area contributed by atoms with E-state index in [1.54, 1.807) is 42.5 Å². The van der Waals surface area contributed by atoms with Crippen LogP contribution in [-0.4, -0.2) is 43.8 Å². The molecule has 2 amide bonds. The lowest BCUT2D eigenvalue weighted by molar-refractivity contribution is -0.140. The fourth-order valence-corrected chi connectivity index (χ4v) is 6.91. The Kier molecular flexibility index (Phi) is 10.7. The zero-order valence-corrected chi connectivity index (χ0v) is 26.1. The highest BCUT2D eigenvalue weighted by atomic mass is 35.5. The topological polar surface area (TPSA) is 86.8 Å². The number of anilines is 1. The minimum atomic E-state index is -4.10. The zero-order valence-electron chi connectivity index (χ0n) is 24.5. The molecular formula is C33H40ClN3O4S. The van der Waals surface area contributed by atoms with Crippen molar-refractivity contribution in [3.63, 3.8) is 0 Å². The summed E-state index contributed by atoms with van der Waals surface area (Å²) in [4.78, 5) is 29.3. The quantitative estimate of drug-likeness (QED) is 0.253. The van der Waals surface area contributed by atoms with Gasteiger partial charge in [-0.3, -0.25) is 13.9 Å². The Morgan fingerprint density at radius 1 is 0.929 bits per heavy atom. The Morgan fingerprint density at radius 2 is 1.55 bits per heavy atom. The summed E-state index contributed by atoms with van der Waals surface area (Å²) in [6.45, 7) is 5.67. The summed E-state index contributed by atoms with van der Waals surface area (Å²) >= 11 is 6.10. The van der Waals surface area contributed by atoms with Crippen molar-refractivity contribution in [3.05, 3.63) is 95.0 Å². The summed E-state index contributed by atoms with van der Waals surface area (Å²) in [5.41, 5.74) is 2.23.